The molecule has 1 fully saturated rings. The highest BCUT2D eigenvalue weighted by Crippen LogP contribution is 2.51. The molecule has 4 rings (SSSR count). The fourth-order valence-corrected chi connectivity index (χ4v) is 3.76. The van der Waals surface area contributed by atoms with Crippen molar-refractivity contribution in [2.45, 2.75) is 38.4 Å². The fraction of sp³-hybridized carbons (Fsp3) is 0.292. The van der Waals surface area contributed by atoms with Crippen LogP contribution in [0.2, 0.25) is 0 Å². The van der Waals surface area contributed by atoms with Crippen LogP contribution < -0.4 is 14.8 Å². The number of aliphatic imine (C=N–C) groups is 1. The number of carboxylic acids is 1. The molecule has 0 radical (unpaired) electrons. The van der Waals surface area contributed by atoms with Crippen LogP contribution in [0.5, 0.6) is 11.5 Å². The maximum atomic E-state index is 13.3. The quantitative estimate of drug-likeness (QED) is 0.607. The minimum absolute atomic E-state index is 0.0268. The molecule has 1 saturated carbocycles. The number of allylic oxidation sites excluding steroid dienone is 2. The summed E-state index contributed by atoms with van der Waals surface area (Å²) >= 11 is 0. The summed E-state index contributed by atoms with van der Waals surface area (Å²) in [6, 6.07) is 10.8. The van der Waals surface area contributed by atoms with Crippen LogP contribution in [0.25, 0.3) is 0 Å². The third-order valence-electron chi connectivity index (χ3n) is 5.80. The van der Waals surface area contributed by atoms with Gasteiger partial charge in [0.05, 0.1) is 16.7 Å². The molecule has 1 aliphatic heterocycles. The van der Waals surface area contributed by atoms with Crippen LogP contribution in [0.1, 0.15) is 48.2 Å². The van der Waals surface area contributed by atoms with Crippen LogP contribution in [-0.2, 0) is 10.2 Å². The van der Waals surface area contributed by atoms with Gasteiger partial charge in [0.15, 0.2) is 11.5 Å². The smallest absolute Gasteiger partial charge is 0.478 e. The van der Waals surface area contributed by atoms with Gasteiger partial charge < -0.3 is 19.9 Å². The van der Waals surface area contributed by atoms with Gasteiger partial charge in [-0.25, -0.2) is 4.79 Å². The average Bonchev–Trinajstić information content (AvgIpc) is 3.53. The average molecular weight is 456 g/mol. The number of carbonyl (C=O) groups excluding carboxylic acids is 1. The predicted molar refractivity (Wildman–Crippen MR) is 116 cm³/mol. The highest BCUT2D eigenvalue weighted by Gasteiger charge is 2.52. The number of benzene rings is 2. The van der Waals surface area contributed by atoms with Gasteiger partial charge in [-0.1, -0.05) is 24.3 Å². The van der Waals surface area contributed by atoms with E-state index in [1.165, 1.54) is 24.3 Å². The number of nitrogens with zero attached hydrogens (tertiary/aromatic N) is 1. The fourth-order valence-electron chi connectivity index (χ4n) is 3.76. The van der Waals surface area contributed by atoms with Crippen LogP contribution in [0.4, 0.5) is 8.78 Å². The lowest BCUT2D eigenvalue weighted by Gasteiger charge is -2.16. The van der Waals surface area contributed by atoms with Crippen molar-refractivity contribution in [3.05, 3.63) is 70.8 Å². The summed E-state index contributed by atoms with van der Waals surface area (Å²) in [6.07, 6.45) is -0.730. The van der Waals surface area contributed by atoms with Crippen molar-refractivity contribution in [2.75, 3.05) is 6.67 Å². The molecule has 0 atom stereocenters. The lowest BCUT2D eigenvalue weighted by molar-refractivity contribution is -0.286. The zero-order valence-corrected chi connectivity index (χ0v) is 18.0. The van der Waals surface area contributed by atoms with E-state index >= 15 is 0 Å². The number of amides is 1. The van der Waals surface area contributed by atoms with E-state index in [1.54, 1.807) is 18.2 Å². The van der Waals surface area contributed by atoms with E-state index in [-0.39, 0.29) is 29.6 Å². The second kappa shape index (κ2) is 8.31. The first-order chi connectivity index (χ1) is 15.6. The number of hydrogen-bond donors (Lipinski definition) is 2. The number of rotatable bonds is 7. The van der Waals surface area contributed by atoms with E-state index < -0.39 is 17.7 Å². The van der Waals surface area contributed by atoms with Crippen LogP contribution in [0.15, 0.2) is 59.1 Å². The molecule has 2 aliphatic rings. The van der Waals surface area contributed by atoms with Gasteiger partial charge in [0.25, 0.3) is 0 Å². The first-order valence-electron chi connectivity index (χ1n) is 10.4. The Morgan fingerprint density at radius 2 is 1.82 bits per heavy atom. The van der Waals surface area contributed by atoms with Crippen molar-refractivity contribution < 1.29 is 33.0 Å². The van der Waals surface area contributed by atoms with E-state index in [2.05, 4.69) is 19.8 Å². The predicted octanol–water partition coefficient (Wildman–Crippen LogP) is 4.27. The number of hydrogen-bond acceptors (Lipinski definition) is 5. The van der Waals surface area contributed by atoms with Crippen molar-refractivity contribution in [1.82, 2.24) is 5.32 Å². The molecule has 1 heterocycles. The lowest BCUT2D eigenvalue weighted by Crippen LogP contribution is -2.35. The van der Waals surface area contributed by atoms with Gasteiger partial charge in [0.1, 0.15) is 6.67 Å². The number of carboxylic acid groups (broad SMARTS) is 1. The normalized spacial score (nSPS) is 18.1. The number of fused-ring (bicyclic) bond motifs is 1. The molecule has 2 aromatic carbocycles. The molecule has 172 valence electrons. The number of nitrogens with one attached hydrogen (secondary N) is 1. The van der Waals surface area contributed by atoms with Crippen molar-refractivity contribution in [2.24, 2.45) is 4.99 Å². The molecule has 2 aromatic rings. The second-order valence-electron chi connectivity index (χ2n) is 7.94. The number of aromatic carboxylic acids is 1. The van der Waals surface area contributed by atoms with Gasteiger partial charge in [-0.2, -0.15) is 0 Å². The maximum absolute atomic E-state index is 13.3. The molecule has 1 amide bonds. The third-order valence-corrected chi connectivity index (χ3v) is 5.80. The van der Waals surface area contributed by atoms with Crippen LogP contribution >= 0.6 is 0 Å². The standard InChI is InChI=1S/C24H22F2N2O5/c1-3-14(2)20(15-5-4-6-16(11-15)21(29)30)27-13-28-22(31)23(9-10-23)17-7-8-18-19(12-17)33-24(25,26)32-18/h3-8,11-12H,9-10,13H2,1-2H3,(H,28,31)(H,29,30)/b14-3-,27-20?. The number of ether oxygens (including phenoxy) is 2. The Hall–Kier alpha value is -3.75. The molecule has 0 unspecified atom stereocenters. The molecule has 0 saturated heterocycles. The molecule has 0 bridgehead atoms. The van der Waals surface area contributed by atoms with Crippen LogP contribution in [0, 0.1) is 0 Å². The van der Waals surface area contributed by atoms with E-state index in [4.69, 9.17) is 0 Å². The summed E-state index contributed by atoms with van der Waals surface area (Å²) in [6.45, 7) is 3.66. The first kappa shape index (κ1) is 22.4. The maximum Gasteiger partial charge on any atom is 0.586 e. The van der Waals surface area contributed by atoms with Gasteiger partial charge >= 0.3 is 12.3 Å². The summed E-state index contributed by atoms with van der Waals surface area (Å²) in [5.41, 5.74) is 1.89. The Balaban J connectivity index is 1.51. The summed E-state index contributed by atoms with van der Waals surface area (Å²) in [4.78, 5) is 28.8. The van der Waals surface area contributed by atoms with E-state index in [1.807, 2.05) is 19.9 Å². The van der Waals surface area contributed by atoms with Crippen molar-refractivity contribution in [1.29, 1.82) is 0 Å². The monoisotopic (exact) mass is 456 g/mol. The Bertz CT molecular complexity index is 1190. The summed E-state index contributed by atoms with van der Waals surface area (Å²) in [7, 11) is 0. The highest BCUT2D eigenvalue weighted by atomic mass is 19.3. The lowest BCUT2D eigenvalue weighted by atomic mass is 9.94. The van der Waals surface area contributed by atoms with E-state index in [0.717, 1.165) is 5.57 Å². The van der Waals surface area contributed by atoms with Gasteiger partial charge in [0, 0.05) is 5.56 Å². The zero-order valence-electron chi connectivity index (χ0n) is 18.0. The number of carbonyl (C=O) groups is 2. The minimum Gasteiger partial charge on any atom is -0.478 e. The Kier molecular flexibility index (Phi) is 5.65. The molecular formula is C24H22F2N2O5. The molecule has 33 heavy (non-hydrogen) atoms. The van der Waals surface area contributed by atoms with Gasteiger partial charge in [-0.15, -0.1) is 8.78 Å². The molecule has 0 spiro atoms. The van der Waals surface area contributed by atoms with Gasteiger partial charge in [-0.05, 0) is 62.1 Å². The van der Waals surface area contributed by atoms with E-state index in [9.17, 15) is 23.5 Å². The molecule has 7 nitrogen and oxygen atoms in total. The molecule has 0 aromatic heterocycles. The highest BCUT2D eigenvalue weighted by molar-refractivity contribution is 6.13. The number of alkyl halides is 2. The summed E-state index contributed by atoms with van der Waals surface area (Å²) < 4.78 is 35.5. The first-order valence-corrected chi connectivity index (χ1v) is 10.4. The SMILES string of the molecule is C/C=C(/C)C(=NCNC(=O)C1(c2ccc3c(c2)OC(F)(F)O3)CC1)c1cccc(C(=O)O)c1. The van der Waals surface area contributed by atoms with Crippen LogP contribution in [-0.4, -0.2) is 35.7 Å². The second-order valence-corrected chi connectivity index (χ2v) is 7.94. The van der Waals surface area contributed by atoms with Gasteiger partial charge in [0.2, 0.25) is 5.91 Å². The Morgan fingerprint density at radius 3 is 2.48 bits per heavy atom. The largest absolute Gasteiger partial charge is 0.586 e. The van der Waals surface area contributed by atoms with Crippen molar-refractivity contribution in [3.8, 4) is 11.5 Å². The Morgan fingerprint density at radius 1 is 1.12 bits per heavy atom. The summed E-state index contributed by atoms with van der Waals surface area (Å²) in [5.74, 6) is -1.48. The molecule has 2 N–H and O–H groups in total. The topological polar surface area (TPSA) is 97.2 Å². The van der Waals surface area contributed by atoms with Gasteiger partial charge in [-0.3, -0.25) is 9.79 Å². The number of halogens is 2. The van der Waals surface area contributed by atoms with E-state index in [0.29, 0.717) is 29.7 Å². The molecular weight excluding hydrogens is 434 g/mol. The summed E-state index contributed by atoms with van der Waals surface area (Å²) in [5, 5.41) is 12.1. The molecule has 9 heteroatoms. The molecule has 1 aliphatic carbocycles. The van der Waals surface area contributed by atoms with Crippen LogP contribution in [0.3, 0.4) is 0 Å². The van der Waals surface area contributed by atoms with Crippen molar-refractivity contribution >= 4 is 17.6 Å². The Labute approximate surface area is 188 Å². The van der Waals surface area contributed by atoms with Crippen molar-refractivity contribution in [3.63, 3.8) is 0 Å². The minimum atomic E-state index is -3.71. The zero-order chi connectivity index (χ0) is 23.8. The third kappa shape index (κ3) is 4.44.